The summed E-state index contributed by atoms with van der Waals surface area (Å²) in [7, 11) is 0. The maximum atomic E-state index is 9.87. The number of hydrogen-bond donors (Lipinski definition) is 0. The Balaban J connectivity index is 2.19. The van der Waals surface area contributed by atoms with Crippen LogP contribution in [-0.2, 0) is 24.2 Å². The minimum atomic E-state index is 0.515. The molecule has 0 bridgehead atoms. The lowest BCUT2D eigenvalue weighted by Crippen LogP contribution is -1.74. The zero-order valence-electron chi connectivity index (χ0n) is 6.67. The van der Waals surface area contributed by atoms with E-state index in [9.17, 15) is 4.79 Å². The van der Waals surface area contributed by atoms with Crippen LogP contribution < -0.4 is 0 Å². The highest BCUT2D eigenvalue weighted by molar-refractivity contribution is 7.12. The van der Waals surface area contributed by atoms with E-state index in [1.807, 2.05) is 0 Å². The highest BCUT2D eigenvalue weighted by Gasteiger charge is 2.13. The first-order valence-corrected chi connectivity index (χ1v) is 4.86. The molecule has 0 amide bonds. The number of isocyanates is 1. The molecule has 1 aromatic heterocycles. The topological polar surface area (TPSA) is 29.4 Å². The lowest BCUT2D eigenvalue weighted by atomic mass is 10.2. The van der Waals surface area contributed by atoms with Crippen LogP contribution in [0.4, 0.5) is 0 Å². The predicted octanol–water partition coefficient (Wildman–Crippen LogP) is 2.07. The molecule has 0 N–H and O–H groups in total. The van der Waals surface area contributed by atoms with Crippen LogP contribution in [0.15, 0.2) is 11.1 Å². The smallest absolute Gasteiger partial charge is 0.211 e. The number of rotatable bonds is 2. The van der Waals surface area contributed by atoms with Gasteiger partial charge in [-0.3, -0.25) is 0 Å². The summed E-state index contributed by atoms with van der Waals surface area (Å²) in [5, 5.41) is 0. The second kappa shape index (κ2) is 3.21. The number of aliphatic imine (C=N–C) groups is 1. The number of carbonyl (C=O) groups excluding carboxylic acids is 1. The molecule has 0 radical (unpaired) electrons. The molecule has 12 heavy (non-hydrogen) atoms. The monoisotopic (exact) mass is 179 g/mol. The van der Waals surface area contributed by atoms with Gasteiger partial charge >= 0.3 is 0 Å². The maximum Gasteiger partial charge on any atom is 0.235 e. The van der Waals surface area contributed by atoms with Crippen LogP contribution in [0.2, 0.25) is 0 Å². The molecule has 1 aromatic rings. The lowest BCUT2D eigenvalue weighted by molar-refractivity contribution is 0.563. The fourth-order valence-corrected chi connectivity index (χ4v) is 2.76. The van der Waals surface area contributed by atoms with Gasteiger partial charge in [0.15, 0.2) is 0 Å². The molecule has 0 saturated heterocycles. The van der Waals surface area contributed by atoms with Crippen molar-refractivity contribution in [1.29, 1.82) is 0 Å². The third-order valence-electron chi connectivity index (χ3n) is 2.10. The van der Waals surface area contributed by atoms with Crippen LogP contribution in [-0.4, -0.2) is 6.08 Å². The molecule has 3 heteroatoms. The molecule has 62 valence electrons. The van der Waals surface area contributed by atoms with Gasteiger partial charge in [0.2, 0.25) is 6.08 Å². The van der Waals surface area contributed by atoms with E-state index in [1.165, 1.54) is 34.6 Å². The number of hydrogen-bond acceptors (Lipinski definition) is 3. The van der Waals surface area contributed by atoms with Gasteiger partial charge in [-0.15, -0.1) is 11.3 Å². The van der Waals surface area contributed by atoms with Crippen molar-refractivity contribution in [1.82, 2.24) is 0 Å². The number of aryl methyl sites for hydroxylation is 2. The van der Waals surface area contributed by atoms with E-state index in [0.29, 0.717) is 6.54 Å². The first-order valence-electron chi connectivity index (χ1n) is 4.04. The van der Waals surface area contributed by atoms with E-state index in [1.54, 1.807) is 17.4 Å². The van der Waals surface area contributed by atoms with Crippen molar-refractivity contribution in [2.45, 2.75) is 25.8 Å². The molecule has 0 saturated carbocycles. The Labute approximate surface area is 74.9 Å². The van der Waals surface area contributed by atoms with Crippen LogP contribution in [0.1, 0.15) is 21.7 Å². The summed E-state index contributed by atoms with van der Waals surface area (Å²) in [6.07, 6.45) is 5.27. The summed E-state index contributed by atoms with van der Waals surface area (Å²) in [4.78, 5) is 16.1. The molecule has 0 unspecified atom stereocenters. The molecule has 2 nitrogen and oxygen atoms in total. The summed E-state index contributed by atoms with van der Waals surface area (Å²) in [6.45, 7) is 0.515. The van der Waals surface area contributed by atoms with Gasteiger partial charge in [-0.05, 0) is 30.9 Å². The normalized spacial score (nSPS) is 14.0. The van der Waals surface area contributed by atoms with Crippen LogP contribution in [0, 0.1) is 0 Å². The summed E-state index contributed by atoms with van der Waals surface area (Å²) in [6, 6.07) is 2.17. The standard InChI is InChI=1S/C9H9NOS/c11-6-10-5-8-4-7-2-1-3-9(7)12-8/h4H,1-3,5H2. The second-order valence-corrected chi connectivity index (χ2v) is 4.14. The fourth-order valence-electron chi connectivity index (χ4n) is 1.58. The summed E-state index contributed by atoms with van der Waals surface area (Å²) in [5.74, 6) is 0. The van der Waals surface area contributed by atoms with Crippen molar-refractivity contribution in [3.63, 3.8) is 0 Å². The van der Waals surface area contributed by atoms with Crippen LogP contribution in [0.5, 0.6) is 0 Å². The molecule has 0 atom stereocenters. The largest absolute Gasteiger partial charge is 0.235 e. The third-order valence-corrected chi connectivity index (χ3v) is 3.32. The van der Waals surface area contributed by atoms with Gasteiger partial charge in [-0.1, -0.05) is 0 Å². The van der Waals surface area contributed by atoms with Gasteiger partial charge < -0.3 is 0 Å². The number of nitrogens with zero attached hydrogens (tertiary/aromatic N) is 1. The minimum absolute atomic E-state index is 0.515. The first kappa shape index (κ1) is 7.71. The Hall–Kier alpha value is -0.920. The molecular weight excluding hydrogens is 170 g/mol. The molecule has 0 fully saturated rings. The SMILES string of the molecule is O=C=NCc1cc2c(s1)CCC2. The van der Waals surface area contributed by atoms with Gasteiger partial charge in [0.25, 0.3) is 0 Å². The van der Waals surface area contributed by atoms with E-state index < -0.39 is 0 Å². The van der Waals surface area contributed by atoms with E-state index in [2.05, 4.69) is 11.1 Å². The molecular formula is C9H9NOS. The fraction of sp³-hybridized carbons (Fsp3) is 0.444. The molecule has 2 rings (SSSR count). The van der Waals surface area contributed by atoms with Crippen molar-refractivity contribution in [2.75, 3.05) is 0 Å². The van der Waals surface area contributed by atoms with E-state index in [4.69, 9.17) is 0 Å². The molecule has 1 aliphatic carbocycles. The average molecular weight is 179 g/mol. The minimum Gasteiger partial charge on any atom is -0.211 e. The lowest BCUT2D eigenvalue weighted by Gasteiger charge is -1.86. The zero-order chi connectivity index (χ0) is 8.39. The van der Waals surface area contributed by atoms with Gasteiger partial charge in [0.1, 0.15) is 0 Å². The summed E-state index contributed by atoms with van der Waals surface area (Å²) < 4.78 is 0. The number of thiophene rings is 1. The summed E-state index contributed by atoms with van der Waals surface area (Å²) >= 11 is 1.79. The maximum absolute atomic E-state index is 9.87. The zero-order valence-corrected chi connectivity index (χ0v) is 7.49. The van der Waals surface area contributed by atoms with Crippen molar-refractivity contribution in [3.05, 3.63) is 21.4 Å². The Morgan fingerprint density at radius 2 is 2.50 bits per heavy atom. The quantitative estimate of drug-likeness (QED) is 0.505. The highest BCUT2D eigenvalue weighted by atomic mass is 32.1. The van der Waals surface area contributed by atoms with Crippen molar-refractivity contribution in [2.24, 2.45) is 4.99 Å². The highest BCUT2D eigenvalue weighted by Crippen LogP contribution is 2.30. The Bertz CT molecular complexity index is 315. The van der Waals surface area contributed by atoms with Crippen LogP contribution >= 0.6 is 11.3 Å². The number of fused-ring (bicyclic) bond motifs is 1. The van der Waals surface area contributed by atoms with Crippen molar-refractivity contribution < 1.29 is 4.79 Å². The van der Waals surface area contributed by atoms with E-state index in [-0.39, 0.29) is 0 Å². The Morgan fingerprint density at radius 3 is 3.25 bits per heavy atom. The van der Waals surface area contributed by atoms with Gasteiger partial charge in [-0.25, -0.2) is 9.79 Å². The predicted molar refractivity (Wildman–Crippen MR) is 48.2 cm³/mol. The third kappa shape index (κ3) is 1.33. The Kier molecular flexibility index (Phi) is 2.07. The van der Waals surface area contributed by atoms with Crippen molar-refractivity contribution >= 4 is 17.4 Å². The van der Waals surface area contributed by atoms with E-state index >= 15 is 0 Å². The van der Waals surface area contributed by atoms with Crippen LogP contribution in [0.3, 0.4) is 0 Å². The molecule has 0 aliphatic heterocycles. The average Bonchev–Trinajstić information content (AvgIpc) is 2.58. The molecule has 1 aliphatic rings. The summed E-state index contributed by atoms with van der Waals surface area (Å²) in [5.41, 5.74) is 1.47. The Morgan fingerprint density at radius 1 is 1.58 bits per heavy atom. The van der Waals surface area contributed by atoms with Crippen molar-refractivity contribution in [3.8, 4) is 0 Å². The molecule has 0 aromatic carbocycles. The molecule has 0 spiro atoms. The van der Waals surface area contributed by atoms with Gasteiger partial charge in [-0.2, -0.15) is 0 Å². The van der Waals surface area contributed by atoms with Gasteiger partial charge in [0, 0.05) is 9.75 Å². The van der Waals surface area contributed by atoms with E-state index in [0.717, 1.165) is 0 Å². The second-order valence-electron chi connectivity index (χ2n) is 2.92. The van der Waals surface area contributed by atoms with Crippen LogP contribution in [0.25, 0.3) is 0 Å². The first-order chi connectivity index (χ1) is 5.90. The molecule has 1 heterocycles. The van der Waals surface area contributed by atoms with Gasteiger partial charge in [0.05, 0.1) is 6.54 Å².